The van der Waals surface area contributed by atoms with Crippen LogP contribution in [0.4, 0.5) is 0 Å². The lowest BCUT2D eigenvalue weighted by atomic mass is 9.81. The van der Waals surface area contributed by atoms with Crippen LogP contribution in [0.2, 0.25) is 0 Å². The fraction of sp³-hybridized carbons (Fsp3) is 0.889. The van der Waals surface area contributed by atoms with Crippen molar-refractivity contribution in [2.75, 3.05) is 6.54 Å². The van der Waals surface area contributed by atoms with Gasteiger partial charge in [-0.25, -0.2) is 0 Å². The molecule has 1 saturated heterocycles. The Hall–Kier alpha value is -0.570. The zero-order valence-electron chi connectivity index (χ0n) is 7.76. The maximum atomic E-state index is 11.0. The van der Waals surface area contributed by atoms with Crippen LogP contribution in [-0.4, -0.2) is 23.2 Å². The molecule has 0 bridgehead atoms. The van der Waals surface area contributed by atoms with Crippen LogP contribution < -0.4 is 5.32 Å². The lowest BCUT2D eigenvalue weighted by Crippen LogP contribution is -2.55. The van der Waals surface area contributed by atoms with Crippen molar-refractivity contribution in [3.8, 4) is 0 Å². The van der Waals surface area contributed by atoms with Gasteiger partial charge in [0.2, 0.25) is 0 Å². The molecule has 0 radical (unpaired) electrons. The van der Waals surface area contributed by atoms with Gasteiger partial charge in [0.15, 0.2) is 0 Å². The SMILES string of the molecule is CCC1(C(=O)O)CC(C)CCN1. The van der Waals surface area contributed by atoms with Gasteiger partial charge in [-0.15, -0.1) is 0 Å². The van der Waals surface area contributed by atoms with E-state index in [1.54, 1.807) is 0 Å². The first kappa shape index (κ1) is 9.52. The number of piperidine rings is 1. The molecule has 0 aliphatic carbocycles. The van der Waals surface area contributed by atoms with Gasteiger partial charge in [-0.1, -0.05) is 13.8 Å². The van der Waals surface area contributed by atoms with Gasteiger partial charge < -0.3 is 10.4 Å². The Balaban J connectivity index is 2.71. The van der Waals surface area contributed by atoms with E-state index in [-0.39, 0.29) is 0 Å². The second-order valence-corrected chi connectivity index (χ2v) is 3.77. The van der Waals surface area contributed by atoms with Gasteiger partial charge in [0.05, 0.1) is 0 Å². The number of hydrogen-bond donors (Lipinski definition) is 2. The summed E-state index contributed by atoms with van der Waals surface area (Å²) in [7, 11) is 0. The lowest BCUT2D eigenvalue weighted by molar-refractivity contribution is -0.146. The number of nitrogens with one attached hydrogen (secondary N) is 1. The predicted molar refractivity (Wildman–Crippen MR) is 47.1 cm³/mol. The van der Waals surface area contributed by atoms with Gasteiger partial charge in [-0.3, -0.25) is 4.79 Å². The van der Waals surface area contributed by atoms with Gasteiger partial charge >= 0.3 is 5.97 Å². The first-order valence-electron chi connectivity index (χ1n) is 4.59. The standard InChI is InChI=1S/C9H17NO2/c1-3-9(8(11)12)6-7(2)4-5-10-9/h7,10H,3-6H2,1-2H3,(H,11,12). The Morgan fingerprint density at radius 1 is 1.75 bits per heavy atom. The Kier molecular flexibility index (Phi) is 2.73. The minimum atomic E-state index is -0.698. The third-order valence-electron chi connectivity index (χ3n) is 2.81. The van der Waals surface area contributed by atoms with E-state index in [1.807, 2.05) is 6.92 Å². The number of carboxylic acid groups (broad SMARTS) is 1. The Bertz CT molecular complexity index is 181. The molecular weight excluding hydrogens is 154 g/mol. The quantitative estimate of drug-likeness (QED) is 0.657. The smallest absolute Gasteiger partial charge is 0.323 e. The monoisotopic (exact) mass is 171 g/mol. The Morgan fingerprint density at radius 2 is 2.42 bits per heavy atom. The van der Waals surface area contributed by atoms with Crippen LogP contribution in [0.25, 0.3) is 0 Å². The molecule has 3 nitrogen and oxygen atoms in total. The first-order valence-corrected chi connectivity index (χ1v) is 4.59. The van der Waals surface area contributed by atoms with Crippen LogP contribution in [-0.2, 0) is 4.79 Å². The minimum absolute atomic E-state index is 0.530. The molecule has 0 saturated carbocycles. The van der Waals surface area contributed by atoms with E-state index in [0.29, 0.717) is 12.3 Å². The van der Waals surface area contributed by atoms with Gasteiger partial charge in [0.25, 0.3) is 0 Å². The van der Waals surface area contributed by atoms with Gasteiger partial charge in [-0.2, -0.15) is 0 Å². The number of hydrogen-bond acceptors (Lipinski definition) is 2. The number of carboxylic acids is 1. The van der Waals surface area contributed by atoms with Crippen molar-refractivity contribution < 1.29 is 9.90 Å². The molecule has 1 fully saturated rings. The van der Waals surface area contributed by atoms with Crippen LogP contribution in [0.3, 0.4) is 0 Å². The molecule has 0 aromatic rings. The van der Waals surface area contributed by atoms with Crippen LogP contribution in [0.15, 0.2) is 0 Å². The molecule has 1 aliphatic heterocycles. The van der Waals surface area contributed by atoms with Crippen LogP contribution >= 0.6 is 0 Å². The summed E-state index contributed by atoms with van der Waals surface area (Å²) in [6.45, 7) is 4.88. The maximum absolute atomic E-state index is 11.0. The molecule has 1 rings (SSSR count). The van der Waals surface area contributed by atoms with Gasteiger partial charge in [0, 0.05) is 0 Å². The molecule has 12 heavy (non-hydrogen) atoms. The van der Waals surface area contributed by atoms with Crippen molar-refractivity contribution in [2.45, 2.75) is 38.6 Å². The van der Waals surface area contributed by atoms with E-state index in [1.165, 1.54) is 0 Å². The highest BCUT2D eigenvalue weighted by atomic mass is 16.4. The molecule has 3 heteroatoms. The van der Waals surface area contributed by atoms with Crippen molar-refractivity contribution in [1.29, 1.82) is 0 Å². The van der Waals surface area contributed by atoms with Crippen molar-refractivity contribution in [3.05, 3.63) is 0 Å². The molecule has 0 aromatic carbocycles. The highest BCUT2D eigenvalue weighted by Gasteiger charge is 2.39. The largest absolute Gasteiger partial charge is 0.480 e. The molecule has 70 valence electrons. The number of rotatable bonds is 2. The normalized spacial score (nSPS) is 36.3. The summed E-state index contributed by atoms with van der Waals surface area (Å²) in [6, 6.07) is 0. The fourth-order valence-corrected chi connectivity index (χ4v) is 1.91. The highest BCUT2D eigenvalue weighted by molar-refractivity contribution is 5.78. The molecule has 2 N–H and O–H groups in total. The van der Waals surface area contributed by atoms with Crippen LogP contribution in [0.1, 0.15) is 33.1 Å². The van der Waals surface area contributed by atoms with Gasteiger partial charge in [-0.05, 0) is 31.7 Å². The topological polar surface area (TPSA) is 49.3 Å². The predicted octanol–water partition coefficient (Wildman–Crippen LogP) is 1.24. The Morgan fingerprint density at radius 3 is 2.75 bits per heavy atom. The summed E-state index contributed by atoms with van der Waals surface area (Å²) >= 11 is 0. The van der Waals surface area contributed by atoms with Crippen molar-refractivity contribution in [2.24, 2.45) is 5.92 Å². The van der Waals surface area contributed by atoms with Crippen molar-refractivity contribution >= 4 is 5.97 Å². The zero-order valence-corrected chi connectivity index (χ0v) is 7.76. The van der Waals surface area contributed by atoms with Crippen LogP contribution in [0, 0.1) is 5.92 Å². The maximum Gasteiger partial charge on any atom is 0.323 e. The zero-order chi connectivity index (χ0) is 9.19. The number of aliphatic carboxylic acids is 1. The van der Waals surface area contributed by atoms with Crippen molar-refractivity contribution in [3.63, 3.8) is 0 Å². The van der Waals surface area contributed by atoms with Crippen LogP contribution in [0.5, 0.6) is 0 Å². The second-order valence-electron chi connectivity index (χ2n) is 3.77. The average molecular weight is 171 g/mol. The minimum Gasteiger partial charge on any atom is -0.480 e. The summed E-state index contributed by atoms with van der Waals surface area (Å²) in [5, 5.41) is 12.2. The summed E-state index contributed by atoms with van der Waals surface area (Å²) in [5.74, 6) is -0.168. The third-order valence-corrected chi connectivity index (χ3v) is 2.81. The molecular formula is C9H17NO2. The fourth-order valence-electron chi connectivity index (χ4n) is 1.91. The van der Waals surface area contributed by atoms with E-state index < -0.39 is 11.5 Å². The number of carbonyl (C=O) groups is 1. The molecule has 2 atom stereocenters. The summed E-state index contributed by atoms with van der Waals surface area (Å²) in [4.78, 5) is 11.0. The molecule has 2 unspecified atom stereocenters. The van der Waals surface area contributed by atoms with Gasteiger partial charge in [0.1, 0.15) is 5.54 Å². The van der Waals surface area contributed by atoms with E-state index in [9.17, 15) is 4.79 Å². The first-order chi connectivity index (χ1) is 5.60. The lowest BCUT2D eigenvalue weighted by Gasteiger charge is -2.36. The summed E-state index contributed by atoms with van der Waals surface area (Å²) in [6.07, 6.45) is 2.53. The highest BCUT2D eigenvalue weighted by Crippen LogP contribution is 2.27. The van der Waals surface area contributed by atoms with E-state index >= 15 is 0 Å². The second kappa shape index (κ2) is 3.44. The van der Waals surface area contributed by atoms with E-state index in [2.05, 4.69) is 12.2 Å². The van der Waals surface area contributed by atoms with Crippen molar-refractivity contribution in [1.82, 2.24) is 5.32 Å². The molecule has 0 aromatic heterocycles. The molecule has 0 spiro atoms. The van der Waals surface area contributed by atoms with E-state index in [0.717, 1.165) is 19.4 Å². The summed E-state index contributed by atoms with van der Waals surface area (Å²) in [5.41, 5.74) is -0.641. The summed E-state index contributed by atoms with van der Waals surface area (Å²) < 4.78 is 0. The van der Waals surface area contributed by atoms with E-state index in [4.69, 9.17) is 5.11 Å². The average Bonchev–Trinajstić information content (AvgIpc) is 2.04. The molecule has 1 heterocycles. The molecule has 1 aliphatic rings. The third kappa shape index (κ3) is 1.61. The molecule has 0 amide bonds. The Labute approximate surface area is 73.2 Å².